The van der Waals surface area contributed by atoms with Crippen molar-refractivity contribution in [3.8, 4) is 10.8 Å². The molecular formula is C18H17N3O3S. The van der Waals surface area contributed by atoms with E-state index in [1.807, 2.05) is 23.6 Å². The number of benzene rings is 1. The molecule has 2 amide bonds. The highest BCUT2D eigenvalue weighted by atomic mass is 32.1. The van der Waals surface area contributed by atoms with Gasteiger partial charge in [-0.3, -0.25) is 9.59 Å². The Morgan fingerprint density at radius 3 is 2.64 bits per heavy atom. The summed E-state index contributed by atoms with van der Waals surface area (Å²) in [5.74, 6) is 0.108. The number of nitrogens with zero attached hydrogens (tertiary/aromatic N) is 1. The summed E-state index contributed by atoms with van der Waals surface area (Å²) in [5, 5.41) is 4.59. The first-order valence-corrected chi connectivity index (χ1v) is 8.56. The number of carbonyl (C=O) groups excluding carboxylic acids is 2. The van der Waals surface area contributed by atoms with E-state index in [9.17, 15) is 9.59 Å². The second kappa shape index (κ2) is 7.31. The molecule has 0 aliphatic carbocycles. The van der Waals surface area contributed by atoms with E-state index in [-0.39, 0.29) is 12.3 Å². The maximum Gasteiger partial charge on any atom is 0.244 e. The highest BCUT2D eigenvalue weighted by Gasteiger charge is 2.22. The first-order chi connectivity index (χ1) is 12.0. The Hall–Kier alpha value is -2.93. The lowest BCUT2D eigenvalue weighted by Crippen LogP contribution is -2.38. The molecule has 2 aromatic heterocycles. The van der Waals surface area contributed by atoms with Gasteiger partial charge in [0.1, 0.15) is 11.8 Å². The van der Waals surface area contributed by atoms with E-state index in [1.165, 1.54) is 11.3 Å². The quantitative estimate of drug-likeness (QED) is 0.710. The number of carbonyl (C=O) groups is 2. The number of nitrogens with two attached hydrogens (primary N) is 1. The monoisotopic (exact) mass is 355 g/mol. The van der Waals surface area contributed by atoms with Gasteiger partial charge in [0.2, 0.25) is 17.7 Å². The third-order valence-corrected chi connectivity index (χ3v) is 4.53. The third kappa shape index (κ3) is 3.95. The van der Waals surface area contributed by atoms with E-state index >= 15 is 0 Å². The van der Waals surface area contributed by atoms with Crippen LogP contribution in [0, 0.1) is 6.92 Å². The van der Waals surface area contributed by atoms with Gasteiger partial charge >= 0.3 is 0 Å². The van der Waals surface area contributed by atoms with Crippen LogP contribution in [0.15, 0.2) is 52.3 Å². The van der Waals surface area contributed by atoms with Crippen LogP contribution in [-0.4, -0.2) is 16.8 Å². The summed E-state index contributed by atoms with van der Waals surface area (Å²) in [4.78, 5) is 29.3. The molecule has 0 fully saturated rings. The van der Waals surface area contributed by atoms with Crippen LogP contribution in [0.5, 0.6) is 0 Å². The molecule has 0 aliphatic heterocycles. The summed E-state index contributed by atoms with van der Waals surface area (Å²) < 4.78 is 5.62. The predicted molar refractivity (Wildman–Crippen MR) is 94.8 cm³/mol. The molecule has 0 spiro atoms. The van der Waals surface area contributed by atoms with Crippen molar-refractivity contribution in [3.05, 3.63) is 64.9 Å². The van der Waals surface area contributed by atoms with Gasteiger partial charge in [-0.1, -0.05) is 36.4 Å². The Morgan fingerprint density at radius 1 is 1.24 bits per heavy atom. The molecule has 25 heavy (non-hydrogen) atoms. The number of nitrogens with one attached hydrogen (secondary N) is 1. The molecule has 0 saturated carbocycles. The molecule has 3 N–H and O–H groups in total. The number of rotatable bonds is 6. The molecule has 2 heterocycles. The average Bonchev–Trinajstić information content (AvgIpc) is 3.24. The van der Waals surface area contributed by atoms with Gasteiger partial charge < -0.3 is 15.5 Å². The normalized spacial score (nSPS) is 11.9. The molecule has 7 heteroatoms. The maximum absolute atomic E-state index is 12.4. The Kier molecular flexibility index (Phi) is 4.95. The zero-order chi connectivity index (χ0) is 17.8. The summed E-state index contributed by atoms with van der Waals surface area (Å²) in [6, 6.07) is 11.8. The van der Waals surface area contributed by atoms with Crippen molar-refractivity contribution in [3.63, 3.8) is 0 Å². The fourth-order valence-electron chi connectivity index (χ4n) is 2.43. The first-order valence-electron chi connectivity index (χ1n) is 7.68. The van der Waals surface area contributed by atoms with E-state index in [2.05, 4.69) is 10.3 Å². The average molecular weight is 355 g/mol. The van der Waals surface area contributed by atoms with Gasteiger partial charge in [-0.2, -0.15) is 0 Å². The van der Waals surface area contributed by atoms with Gasteiger partial charge in [0, 0.05) is 0 Å². The van der Waals surface area contributed by atoms with Crippen molar-refractivity contribution in [1.29, 1.82) is 0 Å². The number of thiophene rings is 1. The fourth-order valence-corrected chi connectivity index (χ4v) is 3.08. The second-order valence-electron chi connectivity index (χ2n) is 5.49. The van der Waals surface area contributed by atoms with Crippen molar-refractivity contribution in [2.75, 3.05) is 0 Å². The van der Waals surface area contributed by atoms with E-state index in [0.717, 1.165) is 4.88 Å². The number of oxazole rings is 1. The van der Waals surface area contributed by atoms with E-state index < -0.39 is 11.9 Å². The molecule has 0 aliphatic rings. The van der Waals surface area contributed by atoms with Crippen LogP contribution in [0.4, 0.5) is 0 Å². The van der Waals surface area contributed by atoms with Crippen LogP contribution >= 0.6 is 11.3 Å². The predicted octanol–water partition coefficient (Wildman–Crippen LogP) is 2.60. The number of amides is 2. The second-order valence-corrected chi connectivity index (χ2v) is 6.44. The minimum atomic E-state index is -0.877. The van der Waals surface area contributed by atoms with E-state index in [0.29, 0.717) is 22.9 Å². The lowest BCUT2D eigenvalue weighted by molar-refractivity contribution is -0.127. The first kappa shape index (κ1) is 16.9. The van der Waals surface area contributed by atoms with Gasteiger partial charge in [-0.05, 0) is 23.9 Å². The standard InChI is InChI=1S/C18H17N3O3S/c1-11-13(20-18(24-11)14-8-5-9-25-14)10-15(22)21-16(17(19)23)12-6-3-2-4-7-12/h2-9,16H,10H2,1H3,(H2,19,23)(H,21,22). The Morgan fingerprint density at radius 2 is 2.00 bits per heavy atom. The van der Waals surface area contributed by atoms with Crippen molar-refractivity contribution < 1.29 is 14.0 Å². The molecule has 6 nitrogen and oxygen atoms in total. The van der Waals surface area contributed by atoms with Gasteiger partial charge in [0.25, 0.3) is 0 Å². The molecule has 3 rings (SSSR count). The SMILES string of the molecule is Cc1oc(-c2cccs2)nc1CC(=O)NC(C(N)=O)c1ccccc1. The Bertz CT molecular complexity index is 872. The van der Waals surface area contributed by atoms with Gasteiger partial charge in [0.05, 0.1) is 17.0 Å². The molecule has 0 bridgehead atoms. The smallest absolute Gasteiger partial charge is 0.244 e. The van der Waals surface area contributed by atoms with Crippen LogP contribution in [0.1, 0.15) is 23.1 Å². The molecule has 1 unspecified atom stereocenters. The van der Waals surface area contributed by atoms with Gasteiger partial charge in [-0.25, -0.2) is 4.98 Å². The van der Waals surface area contributed by atoms with Crippen molar-refractivity contribution in [2.24, 2.45) is 5.73 Å². The topological polar surface area (TPSA) is 98.2 Å². The molecule has 1 atom stereocenters. The minimum Gasteiger partial charge on any atom is -0.440 e. The number of aryl methyl sites for hydroxylation is 1. The molecule has 3 aromatic rings. The highest BCUT2D eigenvalue weighted by molar-refractivity contribution is 7.13. The van der Waals surface area contributed by atoms with Crippen LogP contribution in [0.2, 0.25) is 0 Å². The Balaban J connectivity index is 1.73. The van der Waals surface area contributed by atoms with Crippen LogP contribution in [0.3, 0.4) is 0 Å². The van der Waals surface area contributed by atoms with E-state index in [4.69, 9.17) is 10.2 Å². The number of aromatic nitrogens is 1. The van der Waals surface area contributed by atoms with Crippen LogP contribution < -0.4 is 11.1 Å². The number of hydrogen-bond acceptors (Lipinski definition) is 5. The summed E-state index contributed by atoms with van der Waals surface area (Å²) in [7, 11) is 0. The molecule has 1 aromatic carbocycles. The zero-order valence-electron chi connectivity index (χ0n) is 13.6. The third-order valence-electron chi connectivity index (χ3n) is 3.68. The van der Waals surface area contributed by atoms with Gasteiger partial charge in [0.15, 0.2) is 0 Å². The largest absolute Gasteiger partial charge is 0.440 e. The molecular weight excluding hydrogens is 338 g/mol. The Labute approximate surface area is 148 Å². The van der Waals surface area contributed by atoms with Crippen molar-refractivity contribution in [2.45, 2.75) is 19.4 Å². The zero-order valence-corrected chi connectivity index (χ0v) is 14.4. The minimum absolute atomic E-state index is 0.0112. The summed E-state index contributed by atoms with van der Waals surface area (Å²) in [5.41, 5.74) is 6.60. The summed E-state index contributed by atoms with van der Waals surface area (Å²) in [6.45, 7) is 1.76. The van der Waals surface area contributed by atoms with Gasteiger partial charge in [-0.15, -0.1) is 11.3 Å². The van der Waals surface area contributed by atoms with Crippen LogP contribution in [0.25, 0.3) is 10.8 Å². The number of primary amides is 1. The molecule has 0 saturated heterocycles. The summed E-state index contributed by atoms with van der Waals surface area (Å²) in [6.07, 6.45) is 0.0112. The van der Waals surface area contributed by atoms with Crippen LogP contribution in [-0.2, 0) is 16.0 Å². The summed E-state index contributed by atoms with van der Waals surface area (Å²) >= 11 is 1.51. The van der Waals surface area contributed by atoms with E-state index in [1.54, 1.807) is 31.2 Å². The number of hydrogen-bond donors (Lipinski definition) is 2. The molecule has 0 radical (unpaired) electrons. The lowest BCUT2D eigenvalue weighted by atomic mass is 10.1. The highest BCUT2D eigenvalue weighted by Crippen LogP contribution is 2.26. The lowest BCUT2D eigenvalue weighted by Gasteiger charge is -2.15. The van der Waals surface area contributed by atoms with Crippen molar-refractivity contribution in [1.82, 2.24) is 10.3 Å². The van der Waals surface area contributed by atoms with Crippen molar-refractivity contribution >= 4 is 23.2 Å². The fraction of sp³-hybridized carbons (Fsp3) is 0.167. The molecule has 128 valence electrons. The maximum atomic E-state index is 12.4.